The van der Waals surface area contributed by atoms with Gasteiger partial charge in [-0.1, -0.05) is 6.92 Å². The molecule has 0 spiro atoms. The van der Waals surface area contributed by atoms with Crippen molar-refractivity contribution in [1.82, 2.24) is 5.32 Å². The summed E-state index contributed by atoms with van der Waals surface area (Å²) in [6, 6.07) is -0.175. The number of carbonyl (C=O) groups is 1. The molecule has 3 N–H and O–H groups in total. The molecule has 0 aromatic heterocycles. The monoisotopic (exact) mass is 266 g/mol. The van der Waals surface area contributed by atoms with Gasteiger partial charge in [0.05, 0.1) is 11.5 Å². The Morgan fingerprint density at radius 1 is 1.28 bits per heavy atom. The molecule has 1 fully saturated rings. The molecule has 0 aromatic carbocycles. The first-order valence-corrected chi connectivity index (χ1v) is 6.33. The Morgan fingerprint density at radius 2 is 1.78 bits per heavy atom. The third-order valence-electron chi connectivity index (χ3n) is 3.78. The number of hydrogen-bond acceptors (Lipinski definition) is 2. The molecular formula is C12H21F3N2O. The zero-order chi connectivity index (χ0) is 14.0. The van der Waals surface area contributed by atoms with E-state index in [1.807, 2.05) is 0 Å². The van der Waals surface area contributed by atoms with Crippen LogP contribution in [0.5, 0.6) is 0 Å². The number of hydrogen-bond donors (Lipinski definition) is 2. The average Bonchev–Trinajstić information content (AvgIpc) is 2.28. The summed E-state index contributed by atoms with van der Waals surface area (Å²) in [7, 11) is 0. The molecule has 0 bridgehead atoms. The van der Waals surface area contributed by atoms with Crippen molar-refractivity contribution in [1.29, 1.82) is 0 Å². The number of rotatable bonds is 3. The molecule has 18 heavy (non-hydrogen) atoms. The van der Waals surface area contributed by atoms with Crippen LogP contribution in [0, 0.1) is 5.92 Å². The lowest BCUT2D eigenvalue weighted by Gasteiger charge is -2.32. The van der Waals surface area contributed by atoms with E-state index in [1.165, 1.54) is 0 Å². The lowest BCUT2D eigenvalue weighted by molar-refractivity contribution is -0.182. The Balaban J connectivity index is 2.43. The molecule has 1 saturated carbocycles. The van der Waals surface area contributed by atoms with Gasteiger partial charge in [0.1, 0.15) is 0 Å². The third kappa shape index (κ3) is 3.86. The van der Waals surface area contributed by atoms with Gasteiger partial charge in [0.15, 0.2) is 0 Å². The van der Waals surface area contributed by atoms with Crippen molar-refractivity contribution in [3.63, 3.8) is 0 Å². The predicted octanol–water partition coefficient (Wildman–Crippen LogP) is 2.35. The second-order valence-electron chi connectivity index (χ2n) is 5.33. The first kappa shape index (κ1) is 15.3. The fraction of sp³-hybridized carbons (Fsp3) is 0.917. The van der Waals surface area contributed by atoms with Gasteiger partial charge in [-0.3, -0.25) is 4.79 Å². The van der Waals surface area contributed by atoms with Crippen molar-refractivity contribution in [2.24, 2.45) is 11.7 Å². The molecule has 0 saturated heterocycles. The summed E-state index contributed by atoms with van der Waals surface area (Å²) in [6.45, 7) is 3.43. The number of amides is 1. The van der Waals surface area contributed by atoms with Crippen LogP contribution in [0.3, 0.4) is 0 Å². The van der Waals surface area contributed by atoms with Gasteiger partial charge in [-0.05, 0) is 39.0 Å². The highest BCUT2D eigenvalue weighted by molar-refractivity contribution is 5.85. The predicted molar refractivity (Wildman–Crippen MR) is 62.8 cm³/mol. The smallest absolute Gasteiger partial charge is 0.352 e. The van der Waals surface area contributed by atoms with E-state index in [2.05, 4.69) is 5.32 Å². The van der Waals surface area contributed by atoms with Crippen LogP contribution >= 0.6 is 0 Å². The Morgan fingerprint density at radius 3 is 2.17 bits per heavy atom. The van der Waals surface area contributed by atoms with Crippen LogP contribution in [0.2, 0.25) is 0 Å². The first-order chi connectivity index (χ1) is 8.16. The van der Waals surface area contributed by atoms with E-state index in [4.69, 9.17) is 5.73 Å². The maximum absolute atomic E-state index is 12.5. The van der Waals surface area contributed by atoms with Gasteiger partial charge >= 0.3 is 6.18 Å². The largest absolute Gasteiger partial charge is 0.391 e. The molecule has 0 heterocycles. The minimum Gasteiger partial charge on any atom is -0.352 e. The van der Waals surface area contributed by atoms with Crippen molar-refractivity contribution >= 4 is 5.91 Å². The van der Waals surface area contributed by atoms with E-state index >= 15 is 0 Å². The molecule has 106 valence electrons. The third-order valence-corrected chi connectivity index (χ3v) is 3.78. The van der Waals surface area contributed by atoms with Crippen molar-refractivity contribution in [2.75, 3.05) is 0 Å². The molecule has 1 amide bonds. The Hall–Kier alpha value is -0.780. The van der Waals surface area contributed by atoms with Gasteiger partial charge in [-0.2, -0.15) is 13.2 Å². The van der Waals surface area contributed by atoms with Gasteiger partial charge in [0.2, 0.25) is 5.91 Å². The SMILES string of the molecule is CCC(C)(N)C(=O)NC1CCC(C(F)(F)F)CC1. The van der Waals surface area contributed by atoms with E-state index < -0.39 is 17.6 Å². The molecule has 6 heteroatoms. The molecule has 1 unspecified atom stereocenters. The van der Waals surface area contributed by atoms with Gasteiger partial charge < -0.3 is 11.1 Å². The number of carbonyl (C=O) groups excluding carboxylic acids is 1. The van der Waals surface area contributed by atoms with Crippen molar-refractivity contribution in [3.05, 3.63) is 0 Å². The standard InChI is InChI=1S/C12H21F3N2O/c1-3-11(2,16)10(18)17-9-6-4-8(5-7-9)12(13,14)15/h8-9H,3-7,16H2,1-2H3,(H,17,18). The zero-order valence-electron chi connectivity index (χ0n) is 10.8. The molecule has 0 aromatic rings. The molecule has 1 aliphatic rings. The van der Waals surface area contributed by atoms with Crippen molar-refractivity contribution in [3.8, 4) is 0 Å². The quantitative estimate of drug-likeness (QED) is 0.824. The van der Waals surface area contributed by atoms with Gasteiger partial charge in [-0.15, -0.1) is 0 Å². The Labute approximate surface area is 105 Å². The van der Waals surface area contributed by atoms with E-state index in [0.29, 0.717) is 19.3 Å². The van der Waals surface area contributed by atoms with Crippen LogP contribution in [0.4, 0.5) is 13.2 Å². The second kappa shape index (κ2) is 5.47. The van der Waals surface area contributed by atoms with Crippen LogP contribution in [0.25, 0.3) is 0 Å². The summed E-state index contributed by atoms with van der Waals surface area (Å²) < 4.78 is 37.4. The minimum atomic E-state index is -4.11. The zero-order valence-corrected chi connectivity index (χ0v) is 10.8. The second-order valence-corrected chi connectivity index (χ2v) is 5.33. The highest BCUT2D eigenvalue weighted by Crippen LogP contribution is 2.37. The number of nitrogens with two attached hydrogens (primary N) is 1. The van der Waals surface area contributed by atoms with Crippen LogP contribution in [-0.4, -0.2) is 23.7 Å². The van der Waals surface area contributed by atoms with Crippen LogP contribution in [0.15, 0.2) is 0 Å². The minimum absolute atomic E-state index is 0.0852. The fourth-order valence-corrected chi connectivity index (χ4v) is 2.08. The van der Waals surface area contributed by atoms with Crippen molar-refractivity contribution < 1.29 is 18.0 Å². The lowest BCUT2D eigenvalue weighted by atomic mass is 9.85. The summed E-state index contributed by atoms with van der Waals surface area (Å²) in [5.41, 5.74) is 4.84. The molecular weight excluding hydrogens is 245 g/mol. The van der Waals surface area contributed by atoms with Crippen LogP contribution < -0.4 is 11.1 Å². The lowest BCUT2D eigenvalue weighted by Crippen LogP contribution is -2.54. The molecule has 0 aliphatic heterocycles. The fourth-order valence-electron chi connectivity index (χ4n) is 2.08. The van der Waals surface area contributed by atoms with E-state index in [1.54, 1.807) is 13.8 Å². The molecule has 1 rings (SSSR count). The van der Waals surface area contributed by atoms with E-state index in [9.17, 15) is 18.0 Å². The van der Waals surface area contributed by atoms with E-state index in [-0.39, 0.29) is 24.8 Å². The molecule has 3 nitrogen and oxygen atoms in total. The number of halogens is 3. The van der Waals surface area contributed by atoms with E-state index in [0.717, 1.165) is 0 Å². The maximum Gasteiger partial charge on any atom is 0.391 e. The van der Waals surface area contributed by atoms with Gasteiger partial charge in [0.25, 0.3) is 0 Å². The number of nitrogens with one attached hydrogen (secondary N) is 1. The average molecular weight is 266 g/mol. The first-order valence-electron chi connectivity index (χ1n) is 6.33. The highest BCUT2D eigenvalue weighted by atomic mass is 19.4. The number of alkyl halides is 3. The Bertz CT molecular complexity index is 294. The topological polar surface area (TPSA) is 55.1 Å². The summed E-state index contributed by atoms with van der Waals surface area (Å²) in [6.07, 6.45) is -2.70. The summed E-state index contributed by atoms with van der Waals surface area (Å²) >= 11 is 0. The van der Waals surface area contributed by atoms with Crippen LogP contribution in [-0.2, 0) is 4.79 Å². The van der Waals surface area contributed by atoms with Crippen LogP contribution in [0.1, 0.15) is 46.0 Å². The summed E-state index contributed by atoms with van der Waals surface area (Å²) in [5, 5.41) is 2.75. The Kier molecular flexibility index (Phi) is 4.64. The maximum atomic E-state index is 12.5. The molecule has 1 atom stereocenters. The highest BCUT2D eigenvalue weighted by Gasteiger charge is 2.42. The summed E-state index contributed by atoms with van der Waals surface area (Å²) in [4.78, 5) is 11.8. The van der Waals surface area contributed by atoms with Crippen molar-refractivity contribution in [2.45, 2.75) is 63.7 Å². The van der Waals surface area contributed by atoms with Gasteiger partial charge in [0, 0.05) is 6.04 Å². The van der Waals surface area contributed by atoms with Gasteiger partial charge in [-0.25, -0.2) is 0 Å². The molecule has 1 aliphatic carbocycles. The normalized spacial score (nSPS) is 28.6. The summed E-state index contributed by atoms with van der Waals surface area (Å²) in [5.74, 6) is -1.50. The molecule has 0 radical (unpaired) electrons.